The van der Waals surface area contributed by atoms with Crippen LogP contribution in [0.3, 0.4) is 0 Å². The molecule has 0 radical (unpaired) electrons. The number of hydrogen-bond acceptors (Lipinski definition) is 3. The highest BCUT2D eigenvalue weighted by Gasteiger charge is 2.23. The fourth-order valence-electron chi connectivity index (χ4n) is 1.84. The summed E-state index contributed by atoms with van der Waals surface area (Å²) in [6.07, 6.45) is 0.416. The van der Waals surface area contributed by atoms with Crippen molar-refractivity contribution in [1.82, 2.24) is 4.90 Å². The molecule has 0 aliphatic heterocycles. The minimum atomic E-state index is -0.477. The summed E-state index contributed by atoms with van der Waals surface area (Å²) >= 11 is 0. The molecule has 0 fully saturated rings. The van der Waals surface area contributed by atoms with E-state index >= 15 is 0 Å². The zero-order valence-electron chi connectivity index (χ0n) is 13.3. The number of carbonyl (C=O) groups is 1. The highest BCUT2D eigenvalue weighted by atomic mass is 16.6. The predicted octanol–water partition coefficient (Wildman–Crippen LogP) is 3.49. The molecule has 112 valence electrons. The fourth-order valence-corrected chi connectivity index (χ4v) is 1.84. The zero-order chi connectivity index (χ0) is 15.3. The SMILES string of the molecule is COc1ccccc1CC(C)N(C)C(=O)OC(C)(C)C. The molecule has 0 saturated heterocycles. The molecular formula is C16H25NO3. The van der Waals surface area contributed by atoms with E-state index in [9.17, 15) is 4.79 Å². The monoisotopic (exact) mass is 279 g/mol. The van der Waals surface area contributed by atoms with Gasteiger partial charge in [-0.1, -0.05) is 18.2 Å². The molecule has 1 amide bonds. The summed E-state index contributed by atoms with van der Waals surface area (Å²) in [5, 5.41) is 0. The number of benzene rings is 1. The van der Waals surface area contributed by atoms with Gasteiger partial charge < -0.3 is 14.4 Å². The van der Waals surface area contributed by atoms with Gasteiger partial charge in [0.15, 0.2) is 0 Å². The second kappa shape index (κ2) is 6.64. The molecule has 0 heterocycles. The summed E-state index contributed by atoms with van der Waals surface area (Å²) in [5.41, 5.74) is 0.605. The maximum absolute atomic E-state index is 12.0. The van der Waals surface area contributed by atoms with E-state index in [1.165, 1.54) is 0 Å². The Kier molecular flexibility index (Phi) is 5.43. The molecule has 1 atom stereocenters. The van der Waals surface area contributed by atoms with E-state index < -0.39 is 5.60 Å². The molecule has 4 nitrogen and oxygen atoms in total. The number of nitrogens with zero attached hydrogens (tertiary/aromatic N) is 1. The molecular weight excluding hydrogens is 254 g/mol. The second-order valence-electron chi connectivity index (χ2n) is 5.96. The smallest absolute Gasteiger partial charge is 0.410 e. The molecule has 0 aliphatic carbocycles. The summed E-state index contributed by atoms with van der Waals surface area (Å²) in [6.45, 7) is 7.59. The Labute approximate surface area is 121 Å². The van der Waals surface area contributed by atoms with Crippen LogP contribution in [-0.2, 0) is 11.2 Å². The highest BCUT2D eigenvalue weighted by Crippen LogP contribution is 2.21. The molecule has 0 aromatic heterocycles. The Hall–Kier alpha value is -1.71. The molecule has 1 aromatic carbocycles. The van der Waals surface area contributed by atoms with E-state index in [-0.39, 0.29) is 12.1 Å². The van der Waals surface area contributed by atoms with Crippen LogP contribution in [0.4, 0.5) is 4.79 Å². The van der Waals surface area contributed by atoms with Crippen molar-refractivity contribution >= 4 is 6.09 Å². The minimum Gasteiger partial charge on any atom is -0.496 e. The molecule has 4 heteroatoms. The summed E-state index contributed by atoms with van der Waals surface area (Å²) in [6, 6.07) is 7.87. The first kappa shape index (κ1) is 16.3. The van der Waals surface area contributed by atoms with Gasteiger partial charge in [0.1, 0.15) is 11.4 Å². The van der Waals surface area contributed by atoms with Gasteiger partial charge in [0.25, 0.3) is 0 Å². The third-order valence-electron chi connectivity index (χ3n) is 3.05. The number of rotatable bonds is 4. The molecule has 1 rings (SSSR count). The van der Waals surface area contributed by atoms with Crippen molar-refractivity contribution in [3.8, 4) is 5.75 Å². The van der Waals surface area contributed by atoms with Crippen molar-refractivity contribution < 1.29 is 14.3 Å². The number of hydrogen-bond donors (Lipinski definition) is 0. The maximum atomic E-state index is 12.0. The summed E-state index contributed by atoms with van der Waals surface area (Å²) in [5.74, 6) is 0.844. The van der Waals surface area contributed by atoms with Gasteiger partial charge in [-0.2, -0.15) is 0 Å². The third kappa shape index (κ3) is 4.76. The topological polar surface area (TPSA) is 38.8 Å². The average molecular weight is 279 g/mol. The Balaban J connectivity index is 2.70. The summed E-state index contributed by atoms with van der Waals surface area (Å²) < 4.78 is 10.7. The quantitative estimate of drug-likeness (QED) is 0.846. The number of ether oxygens (including phenoxy) is 2. The van der Waals surface area contributed by atoms with Crippen molar-refractivity contribution in [3.05, 3.63) is 29.8 Å². The maximum Gasteiger partial charge on any atom is 0.410 e. The molecule has 0 bridgehead atoms. The lowest BCUT2D eigenvalue weighted by Gasteiger charge is -2.29. The number of amides is 1. The van der Waals surface area contributed by atoms with Crippen LogP contribution in [0.2, 0.25) is 0 Å². The van der Waals surface area contributed by atoms with E-state index in [4.69, 9.17) is 9.47 Å². The lowest BCUT2D eigenvalue weighted by Crippen LogP contribution is -2.40. The molecule has 1 unspecified atom stereocenters. The Morgan fingerprint density at radius 1 is 1.30 bits per heavy atom. The van der Waals surface area contributed by atoms with Crippen LogP contribution < -0.4 is 4.74 Å². The van der Waals surface area contributed by atoms with E-state index in [1.54, 1.807) is 19.1 Å². The van der Waals surface area contributed by atoms with Crippen molar-refractivity contribution in [1.29, 1.82) is 0 Å². The zero-order valence-corrected chi connectivity index (χ0v) is 13.3. The first-order chi connectivity index (χ1) is 9.24. The number of carbonyl (C=O) groups excluding carboxylic acids is 1. The van der Waals surface area contributed by atoms with Gasteiger partial charge in [0.2, 0.25) is 0 Å². The lowest BCUT2D eigenvalue weighted by atomic mass is 10.1. The van der Waals surface area contributed by atoms with Crippen molar-refractivity contribution in [3.63, 3.8) is 0 Å². The third-order valence-corrected chi connectivity index (χ3v) is 3.05. The van der Waals surface area contributed by atoms with Gasteiger partial charge in [-0.15, -0.1) is 0 Å². The van der Waals surface area contributed by atoms with Crippen LogP contribution in [0, 0.1) is 0 Å². The Bertz CT molecular complexity index is 451. The molecule has 0 aliphatic rings. The first-order valence-corrected chi connectivity index (χ1v) is 6.82. The number of methoxy groups -OCH3 is 1. The summed E-state index contributed by atoms with van der Waals surface area (Å²) in [7, 11) is 3.41. The van der Waals surface area contributed by atoms with E-state index in [1.807, 2.05) is 52.0 Å². The Morgan fingerprint density at radius 2 is 1.90 bits per heavy atom. The standard InChI is InChI=1S/C16H25NO3/c1-12(17(5)15(18)20-16(2,3)4)11-13-9-7-8-10-14(13)19-6/h7-10,12H,11H2,1-6H3. The first-order valence-electron chi connectivity index (χ1n) is 6.82. The number of likely N-dealkylation sites (N-methyl/N-ethyl adjacent to an activating group) is 1. The van der Waals surface area contributed by atoms with Crippen LogP contribution in [0.25, 0.3) is 0 Å². The van der Waals surface area contributed by atoms with Gasteiger partial charge >= 0.3 is 6.09 Å². The molecule has 0 spiro atoms. The van der Waals surface area contributed by atoms with Crippen LogP contribution in [0.1, 0.15) is 33.3 Å². The van der Waals surface area contributed by atoms with Crippen molar-refractivity contribution in [2.75, 3.05) is 14.2 Å². The predicted molar refractivity (Wildman–Crippen MR) is 80.2 cm³/mol. The number of para-hydroxylation sites is 1. The molecule has 1 aromatic rings. The Morgan fingerprint density at radius 3 is 2.45 bits per heavy atom. The molecule has 20 heavy (non-hydrogen) atoms. The van der Waals surface area contributed by atoms with Crippen LogP contribution in [0.5, 0.6) is 5.75 Å². The lowest BCUT2D eigenvalue weighted by molar-refractivity contribution is 0.0236. The fraction of sp³-hybridized carbons (Fsp3) is 0.562. The average Bonchev–Trinajstić information content (AvgIpc) is 2.36. The second-order valence-corrected chi connectivity index (χ2v) is 5.96. The van der Waals surface area contributed by atoms with Gasteiger partial charge in [-0.3, -0.25) is 0 Å². The molecule has 0 N–H and O–H groups in total. The van der Waals surface area contributed by atoms with E-state index in [0.29, 0.717) is 0 Å². The van der Waals surface area contributed by atoms with Crippen molar-refractivity contribution in [2.24, 2.45) is 0 Å². The van der Waals surface area contributed by atoms with Gasteiger partial charge in [-0.25, -0.2) is 4.79 Å². The highest BCUT2D eigenvalue weighted by molar-refractivity contribution is 5.68. The van der Waals surface area contributed by atoms with Gasteiger partial charge in [-0.05, 0) is 45.7 Å². The normalized spacial score (nSPS) is 12.7. The van der Waals surface area contributed by atoms with Gasteiger partial charge in [0, 0.05) is 13.1 Å². The minimum absolute atomic E-state index is 0.0288. The van der Waals surface area contributed by atoms with Crippen molar-refractivity contribution in [2.45, 2.75) is 45.8 Å². The van der Waals surface area contributed by atoms with Crippen LogP contribution in [0.15, 0.2) is 24.3 Å². The summed E-state index contributed by atoms with van der Waals surface area (Å²) in [4.78, 5) is 13.6. The van der Waals surface area contributed by atoms with Gasteiger partial charge in [0.05, 0.1) is 7.11 Å². The molecule has 0 saturated carbocycles. The van der Waals surface area contributed by atoms with E-state index in [2.05, 4.69) is 0 Å². The van der Waals surface area contributed by atoms with E-state index in [0.717, 1.165) is 17.7 Å². The van der Waals surface area contributed by atoms with Crippen LogP contribution in [-0.4, -0.2) is 36.8 Å². The largest absolute Gasteiger partial charge is 0.496 e. The van der Waals surface area contributed by atoms with Crippen LogP contribution >= 0.6 is 0 Å².